The Morgan fingerprint density at radius 2 is 2.17 bits per heavy atom. The number of rotatable bonds is 8. The van der Waals surface area contributed by atoms with Crippen molar-refractivity contribution in [3.05, 3.63) is 11.4 Å². The first kappa shape index (κ1) is 15.1. The number of hydrogen-bond donors (Lipinski definition) is 3. The van der Waals surface area contributed by atoms with Crippen LogP contribution in [0.3, 0.4) is 0 Å². The first-order valence-corrected chi connectivity index (χ1v) is 7.14. The van der Waals surface area contributed by atoms with Gasteiger partial charge in [-0.05, 0) is 19.8 Å². The van der Waals surface area contributed by atoms with Crippen molar-refractivity contribution in [3.63, 3.8) is 0 Å². The number of ether oxygens (including phenoxy) is 1. The molecule has 0 aliphatic heterocycles. The zero-order valence-electron chi connectivity index (χ0n) is 10.6. The molecule has 7 nitrogen and oxygen atoms in total. The molecule has 3 N–H and O–H groups in total. The molecule has 0 spiro atoms. The van der Waals surface area contributed by atoms with Crippen molar-refractivity contribution in [2.45, 2.75) is 31.3 Å². The van der Waals surface area contributed by atoms with Crippen molar-refractivity contribution < 1.29 is 18.3 Å². The maximum Gasteiger partial charge on any atom is 0.244 e. The molecular weight excluding hydrogens is 258 g/mol. The highest BCUT2D eigenvalue weighted by atomic mass is 32.2. The number of hydrogen-bond acceptors (Lipinski definition) is 5. The summed E-state index contributed by atoms with van der Waals surface area (Å²) in [5.74, 6) is 0. The van der Waals surface area contributed by atoms with Crippen LogP contribution in [-0.4, -0.2) is 44.0 Å². The second kappa shape index (κ2) is 6.83. The average Bonchev–Trinajstić information content (AvgIpc) is 2.71. The molecule has 1 aromatic rings. The highest BCUT2D eigenvalue weighted by Gasteiger charge is 2.23. The fourth-order valence-electron chi connectivity index (χ4n) is 1.58. The molecule has 8 heteroatoms. The number of aromatic nitrogens is 2. The Hall–Kier alpha value is -0.960. The molecule has 18 heavy (non-hydrogen) atoms. The van der Waals surface area contributed by atoms with Gasteiger partial charge in [0.05, 0.1) is 12.3 Å². The molecule has 0 unspecified atom stereocenters. The summed E-state index contributed by atoms with van der Waals surface area (Å²) in [6.45, 7) is 2.13. The van der Waals surface area contributed by atoms with E-state index in [2.05, 4.69) is 14.9 Å². The van der Waals surface area contributed by atoms with Crippen LogP contribution in [-0.2, 0) is 21.4 Å². The topological polar surface area (TPSA) is 104 Å². The third-order valence-electron chi connectivity index (χ3n) is 2.45. The summed E-state index contributed by atoms with van der Waals surface area (Å²) >= 11 is 0. The lowest BCUT2D eigenvalue weighted by atomic mass is 10.3. The smallest absolute Gasteiger partial charge is 0.244 e. The van der Waals surface area contributed by atoms with Crippen molar-refractivity contribution >= 4 is 10.0 Å². The van der Waals surface area contributed by atoms with Crippen LogP contribution in [0.1, 0.15) is 24.2 Å². The first-order chi connectivity index (χ1) is 8.53. The molecule has 0 aliphatic rings. The Balaban J connectivity index is 2.65. The quantitative estimate of drug-likeness (QED) is 0.576. The van der Waals surface area contributed by atoms with Crippen LogP contribution in [0, 0.1) is 6.92 Å². The molecule has 0 radical (unpaired) electrons. The number of aliphatic hydroxyl groups is 1. The Bertz CT molecular complexity index is 469. The number of aliphatic hydroxyl groups excluding tert-OH is 1. The molecule has 0 fully saturated rings. The van der Waals surface area contributed by atoms with Gasteiger partial charge in [0.25, 0.3) is 0 Å². The van der Waals surface area contributed by atoms with Gasteiger partial charge in [0.1, 0.15) is 10.6 Å². The van der Waals surface area contributed by atoms with Crippen LogP contribution in [0.4, 0.5) is 0 Å². The van der Waals surface area contributed by atoms with E-state index in [1.54, 1.807) is 14.0 Å². The van der Waals surface area contributed by atoms with Gasteiger partial charge in [-0.3, -0.25) is 5.10 Å². The molecule has 0 aliphatic carbocycles. The van der Waals surface area contributed by atoms with E-state index in [1.807, 2.05) is 0 Å². The van der Waals surface area contributed by atoms with E-state index in [0.29, 0.717) is 25.3 Å². The molecule has 0 saturated heterocycles. The second-order valence-electron chi connectivity index (χ2n) is 3.88. The number of sulfonamides is 1. The van der Waals surface area contributed by atoms with E-state index >= 15 is 0 Å². The number of H-pyrrole nitrogens is 1. The summed E-state index contributed by atoms with van der Waals surface area (Å²) in [5, 5.41) is 15.3. The summed E-state index contributed by atoms with van der Waals surface area (Å²) in [7, 11) is -2.02. The zero-order valence-corrected chi connectivity index (χ0v) is 11.4. The molecule has 0 atom stereocenters. The number of methoxy groups -OCH3 is 1. The number of nitrogens with one attached hydrogen (secondary N) is 2. The van der Waals surface area contributed by atoms with Crippen LogP contribution in [0.5, 0.6) is 0 Å². The van der Waals surface area contributed by atoms with Crippen LogP contribution in [0.15, 0.2) is 4.90 Å². The average molecular weight is 277 g/mol. The van der Waals surface area contributed by atoms with Crippen LogP contribution in [0.25, 0.3) is 0 Å². The Labute approximate surface area is 107 Å². The monoisotopic (exact) mass is 277 g/mol. The van der Waals surface area contributed by atoms with Crippen molar-refractivity contribution in [2.24, 2.45) is 0 Å². The van der Waals surface area contributed by atoms with E-state index in [4.69, 9.17) is 9.84 Å². The van der Waals surface area contributed by atoms with Crippen LogP contribution < -0.4 is 4.72 Å². The van der Waals surface area contributed by atoms with Crippen LogP contribution >= 0.6 is 0 Å². The third-order valence-corrected chi connectivity index (χ3v) is 4.11. The van der Waals surface area contributed by atoms with Crippen molar-refractivity contribution in [1.82, 2.24) is 14.9 Å². The second-order valence-corrected chi connectivity index (χ2v) is 5.58. The van der Waals surface area contributed by atoms with Gasteiger partial charge in [0.15, 0.2) is 0 Å². The number of aromatic amines is 1. The van der Waals surface area contributed by atoms with Gasteiger partial charge < -0.3 is 9.84 Å². The molecule has 0 aromatic carbocycles. The number of unbranched alkanes of at least 4 members (excludes halogenated alkanes) is 1. The van der Waals surface area contributed by atoms with Gasteiger partial charge in [-0.2, -0.15) is 5.10 Å². The maximum absolute atomic E-state index is 12.0. The van der Waals surface area contributed by atoms with E-state index in [-0.39, 0.29) is 10.6 Å². The SMILES string of the molecule is COCCCCNS(=O)(=O)c1c(CO)n[nH]c1C. The summed E-state index contributed by atoms with van der Waals surface area (Å²) in [6, 6.07) is 0. The first-order valence-electron chi connectivity index (χ1n) is 5.66. The minimum atomic E-state index is -3.62. The van der Waals surface area contributed by atoms with Gasteiger partial charge in [-0.1, -0.05) is 0 Å². The highest BCUT2D eigenvalue weighted by Crippen LogP contribution is 2.17. The molecule has 104 valence electrons. The molecule has 0 amide bonds. The predicted molar refractivity (Wildman–Crippen MR) is 65.5 cm³/mol. The molecule has 1 heterocycles. The van der Waals surface area contributed by atoms with E-state index in [9.17, 15) is 8.42 Å². The summed E-state index contributed by atoms with van der Waals surface area (Å²) in [5.41, 5.74) is 0.556. The normalized spacial score (nSPS) is 11.9. The Kier molecular flexibility index (Phi) is 5.73. The van der Waals surface area contributed by atoms with Gasteiger partial charge >= 0.3 is 0 Å². The third kappa shape index (κ3) is 3.77. The zero-order chi connectivity index (χ0) is 13.6. The molecule has 0 bridgehead atoms. The Morgan fingerprint density at radius 1 is 1.44 bits per heavy atom. The minimum absolute atomic E-state index is 0.0386. The van der Waals surface area contributed by atoms with Gasteiger partial charge in [-0.15, -0.1) is 0 Å². The molecule has 0 saturated carbocycles. The maximum atomic E-state index is 12.0. The lowest BCUT2D eigenvalue weighted by molar-refractivity contribution is 0.193. The van der Waals surface area contributed by atoms with Crippen molar-refractivity contribution in [1.29, 1.82) is 0 Å². The molecule has 1 aromatic heterocycles. The standard InChI is InChI=1S/C10H19N3O4S/c1-8-10(9(7-14)13-12-8)18(15,16)11-5-3-4-6-17-2/h11,14H,3-7H2,1-2H3,(H,12,13). The number of nitrogens with zero attached hydrogens (tertiary/aromatic N) is 1. The lowest BCUT2D eigenvalue weighted by Gasteiger charge is -2.07. The fraction of sp³-hybridized carbons (Fsp3) is 0.700. The van der Waals surface area contributed by atoms with E-state index in [0.717, 1.165) is 6.42 Å². The summed E-state index contributed by atoms with van der Waals surface area (Å²) < 4.78 is 31.4. The summed E-state index contributed by atoms with van der Waals surface area (Å²) in [4.78, 5) is 0.0386. The minimum Gasteiger partial charge on any atom is -0.390 e. The fourth-order valence-corrected chi connectivity index (χ4v) is 3.01. The summed E-state index contributed by atoms with van der Waals surface area (Å²) in [6.07, 6.45) is 1.48. The van der Waals surface area contributed by atoms with Gasteiger partial charge in [0.2, 0.25) is 10.0 Å². The lowest BCUT2D eigenvalue weighted by Crippen LogP contribution is -2.26. The number of aryl methyl sites for hydroxylation is 1. The van der Waals surface area contributed by atoms with E-state index < -0.39 is 16.6 Å². The van der Waals surface area contributed by atoms with Crippen molar-refractivity contribution in [3.8, 4) is 0 Å². The largest absolute Gasteiger partial charge is 0.390 e. The predicted octanol–water partition coefficient (Wildman–Crippen LogP) is -0.0847. The Morgan fingerprint density at radius 3 is 2.78 bits per heavy atom. The highest BCUT2D eigenvalue weighted by molar-refractivity contribution is 7.89. The van der Waals surface area contributed by atoms with Gasteiger partial charge in [0, 0.05) is 20.3 Å². The molecular formula is C10H19N3O4S. The van der Waals surface area contributed by atoms with Crippen molar-refractivity contribution in [2.75, 3.05) is 20.3 Å². The van der Waals surface area contributed by atoms with Crippen LogP contribution in [0.2, 0.25) is 0 Å². The van der Waals surface area contributed by atoms with Gasteiger partial charge in [-0.25, -0.2) is 13.1 Å². The van der Waals surface area contributed by atoms with E-state index in [1.165, 1.54) is 0 Å². The molecule has 1 rings (SSSR count).